The van der Waals surface area contributed by atoms with Gasteiger partial charge in [0, 0.05) is 17.0 Å². The first-order valence-corrected chi connectivity index (χ1v) is 8.43. The molecular weight excluding hydrogens is 296 g/mol. The van der Waals surface area contributed by atoms with E-state index in [0.29, 0.717) is 23.7 Å². The van der Waals surface area contributed by atoms with E-state index in [0.717, 1.165) is 11.3 Å². The average Bonchev–Trinajstić information content (AvgIpc) is 2.49. The van der Waals surface area contributed by atoms with E-state index in [1.165, 1.54) is 11.8 Å². The summed E-state index contributed by atoms with van der Waals surface area (Å²) in [5.41, 5.74) is -0.352. The third kappa shape index (κ3) is 6.97. The standard InChI is InChI=1S/C17H24N2O2S/c1-13(2)7-8-17(3,21)12-19-16(20)14-5-4-6-15(11-14)22-10-9-18/h4-6,11,13,21H,7-8,10,12H2,1-3H3,(H,19,20). The first kappa shape index (κ1) is 18.5. The van der Waals surface area contributed by atoms with Crippen LogP contribution in [0.2, 0.25) is 0 Å². The smallest absolute Gasteiger partial charge is 0.251 e. The molecule has 1 rings (SSSR count). The summed E-state index contributed by atoms with van der Waals surface area (Å²) in [6.07, 6.45) is 1.58. The minimum absolute atomic E-state index is 0.204. The van der Waals surface area contributed by atoms with Crippen molar-refractivity contribution in [3.8, 4) is 6.07 Å². The highest BCUT2D eigenvalue weighted by Crippen LogP contribution is 2.19. The van der Waals surface area contributed by atoms with Gasteiger partial charge >= 0.3 is 0 Å². The van der Waals surface area contributed by atoms with E-state index in [1.807, 2.05) is 6.07 Å². The third-order valence-corrected chi connectivity index (χ3v) is 4.15. The number of amides is 1. The largest absolute Gasteiger partial charge is 0.388 e. The van der Waals surface area contributed by atoms with Gasteiger partial charge in [-0.3, -0.25) is 4.79 Å². The van der Waals surface area contributed by atoms with E-state index in [1.54, 1.807) is 25.1 Å². The molecule has 0 fully saturated rings. The van der Waals surface area contributed by atoms with Gasteiger partial charge in [-0.1, -0.05) is 19.9 Å². The Labute approximate surface area is 136 Å². The second kappa shape index (κ2) is 8.82. The van der Waals surface area contributed by atoms with Gasteiger partial charge in [0.25, 0.3) is 5.91 Å². The van der Waals surface area contributed by atoms with Gasteiger partial charge in [-0.05, 0) is 43.9 Å². The van der Waals surface area contributed by atoms with Crippen molar-refractivity contribution in [3.63, 3.8) is 0 Å². The van der Waals surface area contributed by atoms with Gasteiger partial charge in [0.15, 0.2) is 0 Å². The molecule has 5 heteroatoms. The van der Waals surface area contributed by atoms with E-state index in [4.69, 9.17) is 5.26 Å². The van der Waals surface area contributed by atoms with Crippen molar-refractivity contribution in [3.05, 3.63) is 29.8 Å². The number of carbonyl (C=O) groups is 1. The van der Waals surface area contributed by atoms with E-state index < -0.39 is 5.60 Å². The van der Waals surface area contributed by atoms with E-state index in [2.05, 4.69) is 25.2 Å². The summed E-state index contributed by atoms with van der Waals surface area (Å²) < 4.78 is 0. The monoisotopic (exact) mass is 320 g/mol. The molecule has 0 aliphatic carbocycles. The fourth-order valence-corrected chi connectivity index (χ4v) is 2.52. The van der Waals surface area contributed by atoms with Gasteiger partial charge in [-0.25, -0.2) is 0 Å². The molecule has 0 aliphatic rings. The lowest BCUT2D eigenvalue weighted by Gasteiger charge is -2.24. The van der Waals surface area contributed by atoms with Crippen molar-refractivity contribution in [1.82, 2.24) is 5.32 Å². The predicted molar refractivity (Wildman–Crippen MR) is 89.8 cm³/mol. The summed E-state index contributed by atoms with van der Waals surface area (Å²) in [6, 6.07) is 9.23. The second-order valence-electron chi connectivity index (χ2n) is 6.09. The van der Waals surface area contributed by atoms with Crippen molar-refractivity contribution in [2.24, 2.45) is 5.92 Å². The highest BCUT2D eigenvalue weighted by molar-refractivity contribution is 7.99. The number of aliphatic hydroxyl groups is 1. The molecule has 0 radical (unpaired) electrons. The normalized spacial score (nSPS) is 13.5. The van der Waals surface area contributed by atoms with Crippen LogP contribution in [-0.4, -0.2) is 28.9 Å². The Balaban J connectivity index is 2.56. The first-order chi connectivity index (χ1) is 10.3. The molecule has 1 atom stereocenters. The van der Waals surface area contributed by atoms with Crippen LogP contribution in [0, 0.1) is 17.2 Å². The van der Waals surface area contributed by atoms with Gasteiger partial charge in [-0.2, -0.15) is 5.26 Å². The summed E-state index contributed by atoms with van der Waals surface area (Å²) in [7, 11) is 0. The SMILES string of the molecule is CC(C)CCC(C)(O)CNC(=O)c1cccc(SCC#N)c1. The molecule has 1 aromatic rings. The number of nitrogens with zero attached hydrogens (tertiary/aromatic N) is 1. The van der Waals surface area contributed by atoms with E-state index in [9.17, 15) is 9.90 Å². The van der Waals surface area contributed by atoms with Crippen molar-refractivity contribution < 1.29 is 9.90 Å². The van der Waals surface area contributed by atoms with Crippen LogP contribution >= 0.6 is 11.8 Å². The number of benzene rings is 1. The number of carbonyl (C=O) groups excluding carboxylic acids is 1. The predicted octanol–water partition coefficient (Wildman–Crippen LogP) is 3.22. The van der Waals surface area contributed by atoms with Crippen LogP contribution < -0.4 is 5.32 Å². The zero-order valence-corrected chi connectivity index (χ0v) is 14.2. The molecule has 0 spiro atoms. The Morgan fingerprint density at radius 2 is 2.23 bits per heavy atom. The minimum Gasteiger partial charge on any atom is -0.388 e. The zero-order chi connectivity index (χ0) is 16.6. The fraction of sp³-hybridized carbons (Fsp3) is 0.529. The number of thioether (sulfide) groups is 1. The van der Waals surface area contributed by atoms with Gasteiger partial charge in [0.2, 0.25) is 0 Å². The second-order valence-corrected chi connectivity index (χ2v) is 7.14. The Morgan fingerprint density at radius 1 is 1.50 bits per heavy atom. The molecule has 0 heterocycles. The molecule has 0 bridgehead atoms. The zero-order valence-electron chi connectivity index (χ0n) is 13.4. The lowest BCUT2D eigenvalue weighted by Crippen LogP contribution is -2.40. The summed E-state index contributed by atoms with van der Waals surface area (Å²) in [5, 5.41) is 21.6. The number of rotatable bonds is 8. The maximum Gasteiger partial charge on any atom is 0.251 e. The quantitative estimate of drug-likeness (QED) is 0.721. The minimum atomic E-state index is -0.896. The number of hydrogen-bond acceptors (Lipinski definition) is 4. The highest BCUT2D eigenvalue weighted by atomic mass is 32.2. The molecule has 0 saturated heterocycles. The summed E-state index contributed by atoms with van der Waals surface area (Å²) in [5.74, 6) is 0.676. The Bertz CT molecular complexity index is 536. The molecule has 1 amide bonds. The van der Waals surface area contributed by atoms with E-state index in [-0.39, 0.29) is 12.5 Å². The molecule has 120 valence electrons. The van der Waals surface area contributed by atoms with Crippen LogP contribution in [0.1, 0.15) is 44.0 Å². The Morgan fingerprint density at radius 3 is 2.86 bits per heavy atom. The average molecular weight is 320 g/mol. The Hall–Kier alpha value is -1.51. The number of nitrogens with one attached hydrogen (secondary N) is 1. The van der Waals surface area contributed by atoms with Crippen LogP contribution in [0.4, 0.5) is 0 Å². The lowest BCUT2D eigenvalue weighted by atomic mass is 9.95. The van der Waals surface area contributed by atoms with Crippen molar-refractivity contribution >= 4 is 17.7 Å². The fourth-order valence-electron chi connectivity index (χ4n) is 1.90. The molecule has 0 saturated carbocycles. The number of nitriles is 1. The van der Waals surface area contributed by atoms with Crippen molar-refractivity contribution in [2.75, 3.05) is 12.3 Å². The van der Waals surface area contributed by atoms with Gasteiger partial charge in [0.1, 0.15) is 0 Å². The third-order valence-electron chi connectivity index (χ3n) is 3.29. The topological polar surface area (TPSA) is 73.1 Å². The Kier molecular flexibility index (Phi) is 7.43. The van der Waals surface area contributed by atoms with E-state index >= 15 is 0 Å². The van der Waals surface area contributed by atoms with Gasteiger partial charge in [-0.15, -0.1) is 11.8 Å². The van der Waals surface area contributed by atoms with Crippen molar-refractivity contribution in [2.45, 2.75) is 44.1 Å². The molecular formula is C17H24N2O2S. The van der Waals surface area contributed by atoms with Crippen LogP contribution in [-0.2, 0) is 0 Å². The molecule has 0 aromatic heterocycles. The lowest BCUT2D eigenvalue weighted by molar-refractivity contribution is 0.0429. The molecule has 4 nitrogen and oxygen atoms in total. The summed E-state index contributed by atoms with van der Waals surface area (Å²) in [6.45, 7) is 6.20. The maximum atomic E-state index is 12.2. The van der Waals surface area contributed by atoms with Crippen LogP contribution in [0.25, 0.3) is 0 Å². The molecule has 22 heavy (non-hydrogen) atoms. The molecule has 0 aliphatic heterocycles. The summed E-state index contributed by atoms with van der Waals surface area (Å²) in [4.78, 5) is 13.0. The van der Waals surface area contributed by atoms with Crippen LogP contribution in [0.15, 0.2) is 29.2 Å². The summed E-state index contributed by atoms with van der Waals surface area (Å²) >= 11 is 1.40. The van der Waals surface area contributed by atoms with Gasteiger partial charge < -0.3 is 10.4 Å². The van der Waals surface area contributed by atoms with Crippen LogP contribution in [0.5, 0.6) is 0 Å². The van der Waals surface area contributed by atoms with Gasteiger partial charge in [0.05, 0.1) is 17.4 Å². The van der Waals surface area contributed by atoms with Crippen molar-refractivity contribution in [1.29, 1.82) is 5.26 Å². The molecule has 1 unspecified atom stereocenters. The maximum absolute atomic E-state index is 12.2. The first-order valence-electron chi connectivity index (χ1n) is 7.44. The molecule has 1 aromatic carbocycles. The highest BCUT2D eigenvalue weighted by Gasteiger charge is 2.21. The number of hydrogen-bond donors (Lipinski definition) is 2. The molecule has 2 N–H and O–H groups in total. The van der Waals surface area contributed by atoms with Crippen LogP contribution in [0.3, 0.4) is 0 Å².